The number of carbonyl (C=O) groups is 1. The Kier molecular flexibility index (Phi) is 3.85. The van der Waals surface area contributed by atoms with Crippen molar-refractivity contribution in [2.24, 2.45) is 0 Å². The molecule has 1 amide bonds. The molecule has 6 heteroatoms. The smallest absolute Gasteiger partial charge is 0.256 e. The van der Waals surface area contributed by atoms with Gasteiger partial charge in [0.25, 0.3) is 5.91 Å². The highest BCUT2D eigenvalue weighted by molar-refractivity contribution is 5.96. The molecule has 110 valence electrons. The molecule has 0 spiro atoms. The molecule has 2 aromatic heterocycles. The lowest BCUT2D eigenvalue weighted by Crippen LogP contribution is -2.28. The van der Waals surface area contributed by atoms with E-state index in [4.69, 9.17) is 4.74 Å². The van der Waals surface area contributed by atoms with Gasteiger partial charge in [-0.2, -0.15) is 0 Å². The van der Waals surface area contributed by atoms with Crippen LogP contribution in [-0.4, -0.2) is 34.1 Å². The lowest BCUT2D eigenvalue weighted by atomic mass is 10.2. The number of methoxy groups -OCH3 is 1. The van der Waals surface area contributed by atoms with Gasteiger partial charge < -0.3 is 14.6 Å². The van der Waals surface area contributed by atoms with Crippen LogP contribution < -0.4 is 10.1 Å². The molecule has 0 saturated heterocycles. The van der Waals surface area contributed by atoms with Crippen molar-refractivity contribution in [3.63, 3.8) is 0 Å². The van der Waals surface area contributed by atoms with Gasteiger partial charge in [-0.3, -0.25) is 4.79 Å². The van der Waals surface area contributed by atoms with E-state index in [0.717, 1.165) is 12.4 Å². The predicted molar refractivity (Wildman–Crippen MR) is 77.3 cm³/mol. The summed E-state index contributed by atoms with van der Waals surface area (Å²) in [6.07, 6.45) is 7.82. The maximum atomic E-state index is 12.1. The number of rotatable bonds is 6. The van der Waals surface area contributed by atoms with Crippen molar-refractivity contribution in [1.29, 1.82) is 0 Å². The van der Waals surface area contributed by atoms with E-state index >= 15 is 0 Å². The molecule has 0 atom stereocenters. The second-order valence-corrected chi connectivity index (χ2v) is 5.07. The van der Waals surface area contributed by atoms with Gasteiger partial charge in [0.1, 0.15) is 11.4 Å². The Morgan fingerprint density at radius 1 is 1.43 bits per heavy atom. The van der Waals surface area contributed by atoms with Crippen LogP contribution in [-0.2, 0) is 6.54 Å². The highest BCUT2D eigenvalue weighted by atomic mass is 16.5. The number of amides is 1. The average molecular weight is 286 g/mol. The largest absolute Gasteiger partial charge is 0.480 e. The molecule has 0 aromatic carbocycles. The van der Waals surface area contributed by atoms with Crippen LogP contribution in [0.25, 0.3) is 0 Å². The number of hydrogen-bond acceptors (Lipinski definition) is 4. The standard InChI is InChI=1S/C15H18N4O2/c1-21-15-12(3-2-6-18-15)14(20)17-8-10-19-9-7-16-13(19)11-4-5-11/h2-3,6-7,9,11H,4-5,8,10H2,1H3,(H,17,20). The molecule has 0 radical (unpaired) electrons. The lowest BCUT2D eigenvalue weighted by molar-refractivity contribution is 0.0948. The molecule has 1 aliphatic rings. The molecule has 21 heavy (non-hydrogen) atoms. The van der Waals surface area contributed by atoms with Crippen LogP contribution in [0, 0.1) is 0 Å². The molecule has 2 aromatic rings. The molecule has 1 aliphatic carbocycles. The van der Waals surface area contributed by atoms with Gasteiger partial charge in [0, 0.05) is 37.6 Å². The van der Waals surface area contributed by atoms with Crippen LogP contribution in [0.15, 0.2) is 30.7 Å². The Labute approximate surface area is 123 Å². The molecule has 1 N–H and O–H groups in total. The van der Waals surface area contributed by atoms with Crippen molar-refractivity contribution in [2.45, 2.75) is 25.3 Å². The summed E-state index contributed by atoms with van der Waals surface area (Å²) in [4.78, 5) is 20.5. The Morgan fingerprint density at radius 2 is 2.29 bits per heavy atom. The van der Waals surface area contributed by atoms with Gasteiger partial charge in [-0.05, 0) is 25.0 Å². The number of aromatic nitrogens is 3. The van der Waals surface area contributed by atoms with Crippen molar-refractivity contribution < 1.29 is 9.53 Å². The lowest BCUT2D eigenvalue weighted by Gasteiger charge is -2.10. The summed E-state index contributed by atoms with van der Waals surface area (Å²) in [6.45, 7) is 1.27. The molecule has 0 bridgehead atoms. The van der Waals surface area contributed by atoms with Crippen LogP contribution in [0.4, 0.5) is 0 Å². The predicted octanol–water partition coefficient (Wildman–Crippen LogP) is 1.59. The van der Waals surface area contributed by atoms with E-state index in [0.29, 0.717) is 23.9 Å². The SMILES string of the molecule is COc1ncccc1C(=O)NCCn1ccnc1C1CC1. The first-order chi connectivity index (χ1) is 10.3. The van der Waals surface area contributed by atoms with Gasteiger partial charge in [-0.15, -0.1) is 0 Å². The number of pyridine rings is 1. The maximum Gasteiger partial charge on any atom is 0.256 e. The van der Waals surface area contributed by atoms with Gasteiger partial charge >= 0.3 is 0 Å². The van der Waals surface area contributed by atoms with E-state index < -0.39 is 0 Å². The van der Waals surface area contributed by atoms with Crippen LogP contribution in [0.3, 0.4) is 0 Å². The molecule has 0 aliphatic heterocycles. The van der Waals surface area contributed by atoms with Crippen LogP contribution >= 0.6 is 0 Å². The van der Waals surface area contributed by atoms with E-state index in [1.165, 1.54) is 20.0 Å². The van der Waals surface area contributed by atoms with E-state index in [-0.39, 0.29) is 5.91 Å². The van der Waals surface area contributed by atoms with Crippen LogP contribution in [0.2, 0.25) is 0 Å². The number of hydrogen-bond donors (Lipinski definition) is 1. The minimum absolute atomic E-state index is 0.173. The third-order valence-corrected chi connectivity index (χ3v) is 3.54. The zero-order valence-corrected chi connectivity index (χ0v) is 12.0. The highest BCUT2D eigenvalue weighted by Crippen LogP contribution is 2.38. The van der Waals surface area contributed by atoms with Crippen LogP contribution in [0.5, 0.6) is 5.88 Å². The van der Waals surface area contributed by atoms with Crippen LogP contribution in [0.1, 0.15) is 34.9 Å². The number of ether oxygens (including phenoxy) is 1. The van der Waals surface area contributed by atoms with Gasteiger partial charge in [0.15, 0.2) is 0 Å². The first kappa shape index (κ1) is 13.6. The third kappa shape index (κ3) is 3.04. The Bertz CT molecular complexity index is 634. The summed E-state index contributed by atoms with van der Waals surface area (Å²) >= 11 is 0. The normalized spacial score (nSPS) is 14.0. The second kappa shape index (κ2) is 5.95. The maximum absolute atomic E-state index is 12.1. The van der Waals surface area contributed by atoms with Crippen molar-refractivity contribution in [2.75, 3.05) is 13.7 Å². The zero-order chi connectivity index (χ0) is 14.7. The Morgan fingerprint density at radius 3 is 3.05 bits per heavy atom. The molecule has 3 rings (SSSR count). The fourth-order valence-corrected chi connectivity index (χ4v) is 2.32. The van der Waals surface area contributed by atoms with Crippen molar-refractivity contribution >= 4 is 5.91 Å². The van der Waals surface area contributed by atoms with Crippen molar-refractivity contribution in [3.8, 4) is 5.88 Å². The fourth-order valence-electron chi connectivity index (χ4n) is 2.32. The van der Waals surface area contributed by atoms with Gasteiger partial charge in [-0.1, -0.05) is 0 Å². The van der Waals surface area contributed by atoms with Gasteiger partial charge in [-0.25, -0.2) is 9.97 Å². The highest BCUT2D eigenvalue weighted by Gasteiger charge is 2.27. The first-order valence-corrected chi connectivity index (χ1v) is 7.08. The molecule has 2 heterocycles. The first-order valence-electron chi connectivity index (χ1n) is 7.08. The second-order valence-electron chi connectivity index (χ2n) is 5.07. The molecular formula is C15H18N4O2. The summed E-state index contributed by atoms with van der Waals surface area (Å²) in [5.41, 5.74) is 0.452. The number of imidazole rings is 1. The summed E-state index contributed by atoms with van der Waals surface area (Å²) in [6, 6.07) is 3.42. The zero-order valence-electron chi connectivity index (χ0n) is 12.0. The molecular weight excluding hydrogens is 268 g/mol. The minimum Gasteiger partial charge on any atom is -0.480 e. The molecule has 6 nitrogen and oxygen atoms in total. The fraction of sp³-hybridized carbons (Fsp3) is 0.400. The van der Waals surface area contributed by atoms with Crippen molar-refractivity contribution in [3.05, 3.63) is 42.1 Å². The van der Waals surface area contributed by atoms with Gasteiger partial charge in [0.05, 0.1) is 7.11 Å². The van der Waals surface area contributed by atoms with Crippen molar-refractivity contribution in [1.82, 2.24) is 19.9 Å². The molecule has 1 saturated carbocycles. The quantitative estimate of drug-likeness (QED) is 0.875. The summed E-state index contributed by atoms with van der Waals surface area (Å²) in [5, 5.41) is 2.89. The third-order valence-electron chi connectivity index (χ3n) is 3.54. The number of nitrogens with one attached hydrogen (secondary N) is 1. The Balaban J connectivity index is 1.57. The Hall–Kier alpha value is -2.37. The molecule has 1 fully saturated rings. The molecule has 0 unspecified atom stereocenters. The van der Waals surface area contributed by atoms with Gasteiger partial charge in [0.2, 0.25) is 5.88 Å². The minimum atomic E-state index is -0.173. The summed E-state index contributed by atoms with van der Waals surface area (Å²) in [7, 11) is 1.51. The van der Waals surface area contributed by atoms with E-state index in [9.17, 15) is 4.79 Å². The topological polar surface area (TPSA) is 69.0 Å². The number of carbonyl (C=O) groups excluding carboxylic acids is 1. The van der Waals surface area contributed by atoms with E-state index in [1.54, 1.807) is 18.3 Å². The monoisotopic (exact) mass is 286 g/mol. The van der Waals surface area contributed by atoms with E-state index in [2.05, 4.69) is 19.9 Å². The summed E-state index contributed by atoms with van der Waals surface area (Å²) < 4.78 is 7.20. The summed E-state index contributed by atoms with van der Waals surface area (Å²) in [5.74, 6) is 1.90. The average Bonchev–Trinajstić information content (AvgIpc) is 3.26. The van der Waals surface area contributed by atoms with E-state index in [1.807, 2.05) is 12.4 Å². The number of nitrogens with zero attached hydrogens (tertiary/aromatic N) is 3.